The van der Waals surface area contributed by atoms with E-state index in [0.717, 1.165) is 6.42 Å². The van der Waals surface area contributed by atoms with Crippen LogP contribution in [0.5, 0.6) is 0 Å². The predicted octanol–water partition coefficient (Wildman–Crippen LogP) is 2.08. The molecule has 68 valence electrons. The van der Waals surface area contributed by atoms with E-state index in [9.17, 15) is 0 Å². The average Bonchev–Trinajstić information content (AvgIpc) is 2.32. The molecule has 0 saturated carbocycles. The molecule has 0 atom stereocenters. The summed E-state index contributed by atoms with van der Waals surface area (Å²) >= 11 is 1.78. The summed E-state index contributed by atoms with van der Waals surface area (Å²) in [4.78, 5) is 5.88. The van der Waals surface area contributed by atoms with Crippen molar-refractivity contribution < 1.29 is 0 Å². The van der Waals surface area contributed by atoms with Gasteiger partial charge in [-0.25, -0.2) is 4.98 Å². The Morgan fingerprint density at radius 3 is 2.58 bits per heavy atom. The maximum atomic E-state index is 5.46. The van der Waals surface area contributed by atoms with E-state index in [4.69, 9.17) is 5.73 Å². The zero-order valence-electron chi connectivity index (χ0n) is 7.92. The van der Waals surface area contributed by atoms with Gasteiger partial charge in [0.25, 0.3) is 0 Å². The lowest BCUT2D eigenvalue weighted by molar-refractivity contribution is 0.811. The van der Waals surface area contributed by atoms with E-state index in [0.29, 0.717) is 12.5 Å². The molecule has 0 aromatic carbocycles. The van der Waals surface area contributed by atoms with E-state index in [1.54, 1.807) is 11.3 Å². The van der Waals surface area contributed by atoms with Gasteiger partial charge in [0.1, 0.15) is 0 Å². The molecular formula is C9H16N2S. The maximum absolute atomic E-state index is 5.46. The molecule has 0 saturated heterocycles. The highest BCUT2D eigenvalue weighted by atomic mass is 32.1. The minimum Gasteiger partial charge on any atom is -0.330 e. The van der Waals surface area contributed by atoms with Crippen molar-refractivity contribution in [1.82, 2.24) is 4.98 Å². The summed E-state index contributed by atoms with van der Waals surface area (Å²) in [5.41, 5.74) is 6.70. The Bertz CT molecular complexity index is 253. The molecule has 1 aromatic rings. The highest BCUT2D eigenvalue weighted by molar-refractivity contribution is 7.11. The molecule has 1 rings (SSSR count). The number of hydrogen-bond acceptors (Lipinski definition) is 3. The third kappa shape index (κ3) is 2.05. The third-order valence-corrected chi connectivity index (χ3v) is 2.83. The van der Waals surface area contributed by atoms with E-state index in [2.05, 4.69) is 25.8 Å². The third-order valence-electron chi connectivity index (χ3n) is 1.78. The van der Waals surface area contributed by atoms with Crippen molar-refractivity contribution in [3.63, 3.8) is 0 Å². The maximum Gasteiger partial charge on any atom is 0.0943 e. The first-order valence-corrected chi connectivity index (χ1v) is 5.13. The topological polar surface area (TPSA) is 38.9 Å². The van der Waals surface area contributed by atoms with Crippen LogP contribution in [0.4, 0.5) is 0 Å². The SMILES string of the molecule is Cc1sc(CCN)nc1C(C)C. The van der Waals surface area contributed by atoms with Crippen molar-refractivity contribution in [3.8, 4) is 0 Å². The molecule has 0 aliphatic rings. The Morgan fingerprint density at radius 1 is 1.50 bits per heavy atom. The van der Waals surface area contributed by atoms with Gasteiger partial charge in [0.05, 0.1) is 10.7 Å². The van der Waals surface area contributed by atoms with Crippen molar-refractivity contribution in [2.75, 3.05) is 6.54 Å². The van der Waals surface area contributed by atoms with Gasteiger partial charge in [-0.3, -0.25) is 0 Å². The normalized spacial score (nSPS) is 11.1. The van der Waals surface area contributed by atoms with Crippen LogP contribution in [0.15, 0.2) is 0 Å². The molecule has 0 aliphatic carbocycles. The second-order valence-corrected chi connectivity index (χ2v) is 4.53. The second-order valence-electron chi connectivity index (χ2n) is 3.24. The molecule has 0 fully saturated rings. The smallest absolute Gasteiger partial charge is 0.0943 e. The van der Waals surface area contributed by atoms with E-state index < -0.39 is 0 Å². The van der Waals surface area contributed by atoms with E-state index >= 15 is 0 Å². The summed E-state index contributed by atoms with van der Waals surface area (Å²) in [6.45, 7) is 7.18. The van der Waals surface area contributed by atoms with Gasteiger partial charge < -0.3 is 5.73 Å². The molecule has 12 heavy (non-hydrogen) atoms. The van der Waals surface area contributed by atoms with Crippen LogP contribution in [0.1, 0.15) is 35.3 Å². The lowest BCUT2D eigenvalue weighted by atomic mass is 10.1. The van der Waals surface area contributed by atoms with E-state index in [-0.39, 0.29) is 0 Å². The molecule has 1 heterocycles. The van der Waals surface area contributed by atoms with E-state index in [1.807, 2.05) is 0 Å². The Hall–Kier alpha value is -0.410. The number of rotatable bonds is 3. The fourth-order valence-corrected chi connectivity index (χ4v) is 2.33. The molecule has 2 N–H and O–H groups in total. The highest BCUT2D eigenvalue weighted by Gasteiger charge is 2.09. The van der Waals surface area contributed by atoms with Crippen LogP contribution in [-0.2, 0) is 6.42 Å². The van der Waals surface area contributed by atoms with Crippen LogP contribution in [-0.4, -0.2) is 11.5 Å². The van der Waals surface area contributed by atoms with Crippen LogP contribution in [0.3, 0.4) is 0 Å². The van der Waals surface area contributed by atoms with E-state index in [1.165, 1.54) is 15.6 Å². The molecule has 1 aromatic heterocycles. The Kier molecular flexibility index (Phi) is 3.23. The number of thiazole rings is 1. The molecule has 0 unspecified atom stereocenters. The van der Waals surface area contributed by atoms with Gasteiger partial charge in [0.15, 0.2) is 0 Å². The van der Waals surface area contributed by atoms with Gasteiger partial charge in [0, 0.05) is 11.3 Å². The number of nitrogens with zero attached hydrogens (tertiary/aromatic N) is 1. The highest BCUT2D eigenvalue weighted by Crippen LogP contribution is 2.23. The first-order chi connectivity index (χ1) is 5.65. The first kappa shape index (κ1) is 9.68. The molecular weight excluding hydrogens is 168 g/mol. The molecule has 0 spiro atoms. The monoisotopic (exact) mass is 184 g/mol. The number of aryl methyl sites for hydroxylation is 1. The molecule has 2 nitrogen and oxygen atoms in total. The number of hydrogen-bond donors (Lipinski definition) is 1. The molecule has 0 radical (unpaired) electrons. The standard InChI is InChI=1S/C9H16N2S/c1-6(2)9-7(3)12-8(11-9)4-5-10/h6H,4-5,10H2,1-3H3. The van der Waals surface area contributed by atoms with Crippen molar-refractivity contribution in [3.05, 3.63) is 15.6 Å². The van der Waals surface area contributed by atoms with Crippen molar-refractivity contribution >= 4 is 11.3 Å². The lowest BCUT2D eigenvalue weighted by Crippen LogP contribution is -2.02. The van der Waals surface area contributed by atoms with Gasteiger partial charge in [-0.2, -0.15) is 0 Å². The van der Waals surface area contributed by atoms with Crippen molar-refractivity contribution in [1.29, 1.82) is 0 Å². The Morgan fingerprint density at radius 2 is 2.17 bits per heavy atom. The molecule has 0 aliphatic heterocycles. The number of aromatic nitrogens is 1. The fourth-order valence-electron chi connectivity index (χ4n) is 1.23. The Balaban J connectivity index is 2.85. The second kappa shape index (κ2) is 4.01. The largest absolute Gasteiger partial charge is 0.330 e. The van der Waals surface area contributed by atoms with Gasteiger partial charge in [-0.15, -0.1) is 11.3 Å². The Labute approximate surface area is 77.8 Å². The average molecular weight is 184 g/mol. The quantitative estimate of drug-likeness (QED) is 0.781. The summed E-state index contributed by atoms with van der Waals surface area (Å²) < 4.78 is 0. The number of nitrogens with two attached hydrogens (primary N) is 1. The minimum absolute atomic E-state index is 0.535. The summed E-state index contributed by atoms with van der Waals surface area (Å²) in [6, 6.07) is 0. The summed E-state index contributed by atoms with van der Waals surface area (Å²) in [5.74, 6) is 0.535. The zero-order valence-corrected chi connectivity index (χ0v) is 8.74. The molecule has 0 bridgehead atoms. The molecule has 0 amide bonds. The summed E-state index contributed by atoms with van der Waals surface area (Å²) in [5, 5.41) is 1.18. The fraction of sp³-hybridized carbons (Fsp3) is 0.667. The van der Waals surface area contributed by atoms with Gasteiger partial charge in [-0.05, 0) is 19.4 Å². The summed E-state index contributed by atoms with van der Waals surface area (Å²) in [6.07, 6.45) is 0.915. The molecule has 3 heteroatoms. The predicted molar refractivity (Wildman–Crippen MR) is 53.7 cm³/mol. The van der Waals surface area contributed by atoms with Gasteiger partial charge in [-0.1, -0.05) is 13.8 Å². The zero-order chi connectivity index (χ0) is 9.14. The lowest BCUT2D eigenvalue weighted by Gasteiger charge is -1.99. The van der Waals surface area contributed by atoms with Crippen molar-refractivity contribution in [2.24, 2.45) is 5.73 Å². The minimum atomic E-state index is 0.535. The summed E-state index contributed by atoms with van der Waals surface area (Å²) in [7, 11) is 0. The van der Waals surface area contributed by atoms with Crippen LogP contribution in [0.25, 0.3) is 0 Å². The van der Waals surface area contributed by atoms with Crippen LogP contribution in [0.2, 0.25) is 0 Å². The first-order valence-electron chi connectivity index (χ1n) is 4.31. The van der Waals surface area contributed by atoms with Crippen molar-refractivity contribution in [2.45, 2.75) is 33.1 Å². The van der Waals surface area contributed by atoms with Crippen LogP contribution in [0, 0.1) is 6.92 Å². The van der Waals surface area contributed by atoms with Crippen LogP contribution < -0.4 is 5.73 Å². The van der Waals surface area contributed by atoms with Crippen LogP contribution >= 0.6 is 11.3 Å². The van der Waals surface area contributed by atoms with Gasteiger partial charge >= 0.3 is 0 Å². The van der Waals surface area contributed by atoms with Gasteiger partial charge in [0.2, 0.25) is 0 Å².